The standard InChI is InChI=1S/C45H38N2/c1-33-21-27-39(28-22-33)47(45-20-10-14-37-12-6-8-18-43(37)45)41-31-25-35(26-32-41)34-23-29-40(30-24-34)46(38-15-3-2-4-16-38)44-19-9-13-36-11-5-7-17-42(36)44/h5-15,17-32H,2-4,16H2,1H3. The van der Waals surface area contributed by atoms with Crippen LogP contribution >= 0.6 is 0 Å². The molecule has 2 heteroatoms. The molecule has 47 heavy (non-hydrogen) atoms. The Bertz CT molecular complexity index is 2180. The lowest BCUT2D eigenvalue weighted by atomic mass is 9.99. The zero-order valence-electron chi connectivity index (χ0n) is 26.8. The fraction of sp³-hybridized carbons (Fsp3) is 0.111. The maximum Gasteiger partial charge on any atom is 0.0540 e. The van der Waals surface area contributed by atoms with Crippen molar-refractivity contribution in [3.63, 3.8) is 0 Å². The lowest BCUT2D eigenvalue weighted by molar-refractivity contribution is 0.691. The topological polar surface area (TPSA) is 6.48 Å². The molecule has 0 aliphatic heterocycles. The smallest absolute Gasteiger partial charge is 0.0540 e. The van der Waals surface area contributed by atoms with Crippen molar-refractivity contribution in [1.29, 1.82) is 0 Å². The van der Waals surface area contributed by atoms with Crippen LogP contribution in [0.5, 0.6) is 0 Å². The summed E-state index contributed by atoms with van der Waals surface area (Å²) in [5.41, 5.74) is 11.0. The maximum absolute atomic E-state index is 2.48. The number of allylic oxidation sites excluding steroid dienone is 2. The summed E-state index contributed by atoms with van der Waals surface area (Å²) >= 11 is 0. The second-order valence-electron chi connectivity index (χ2n) is 12.5. The Labute approximate surface area is 277 Å². The number of anilines is 5. The molecule has 0 atom stereocenters. The molecule has 1 aliphatic rings. The second kappa shape index (κ2) is 12.7. The summed E-state index contributed by atoms with van der Waals surface area (Å²) in [5, 5.41) is 5.02. The van der Waals surface area contributed by atoms with E-state index in [0.717, 1.165) is 24.2 Å². The minimum atomic E-state index is 1.10. The van der Waals surface area contributed by atoms with E-state index < -0.39 is 0 Å². The van der Waals surface area contributed by atoms with E-state index in [4.69, 9.17) is 0 Å². The summed E-state index contributed by atoms with van der Waals surface area (Å²) in [6, 6.07) is 57.5. The summed E-state index contributed by atoms with van der Waals surface area (Å²) in [7, 11) is 0. The van der Waals surface area contributed by atoms with Crippen LogP contribution in [0.1, 0.15) is 31.2 Å². The molecule has 8 rings (SSSR count). The first kappa shape index (κ1) is 28.8. The Balaban J connectivity index is 1.15. The summed E-state index contributed by atoms with van der Waals surface area (Å²) in [6.45, 7) is 2.14. The number of aryl methyl sites for hydroxylation is 1. The molecule has 7 aromatic carbocycles. The minimum absolute atomic E-state index is 1.10. The van der Waals surface area contributed by atoms with Gasteiger partial charge in [0, 0.05) is 33.5 Å². The van der Waals surface area contributed by atoms with Crippen molar-refractivity contribution in [3.05, 3.63) is 175 Å². The quantitative estimate of drug-likeness (QED) is 0.178. The van der Waals surface area contributed by atoms with Crippen molar-refractivity contribution < 1.29 is 0 Å². The van der Waals surface area contributed by atoms with Gasteiger partial charge in [0.05, 0.1) is 11.4 Å². The van der Waals surface area contributed by atoms with Gasteiger partial charge in [-0.15, -0.1) is 0 Å². The van der Waals surface area contributed by atoms with Gasteiger partial charge >= 0.3 is 0 Å². The highest BCUT2D eigenvalue weighted by atomic mass is 15.2. The van der Waals surface area contributed by atoms with E-state index in [-0.39, 0.29) is 0 Å². The maximum atomic E-state index is 2.48. The monoisotopic (exact) mass is 606 g/mol. The highest BCUT2D eigenvalue weighted by molar-refractivity contribution is 5.99. The van der Waals surface area contributed by atoms with E-state index in [0.29, 0.717) is 0 Å². The number of fused-ring (bicyclic) bond motifs is 2. The highest BCUT2D eigenvalue weighted by Gasteiger charge is 2.19. The number of rotatable bonds is 7. The van der Waals surface area contributed by atoms with Crippen molar-refractivity contribution in [2.45, 2.75) is 32.6 Å². The third-order valence-electron chi connectivity index (χ3n) is 9.45. The molecule has 0 amide bonds. The summed E-state index contributed by atoms with van der Waals surface area (Å²) in [6.07, 6.45) is 7.17. The molecule has 0 fully saturated rings. The van der Waals surface area contributed by atoms with Crippen LogP contribution in [-0.4, -0.2) is 0 Å². The number of benzene rings is 7. The molecular formula is C45H38N2. The predicted molar refractivity (Wildman–Crippen MR) is 201 cm³/mol. The van der Waals surface area contributed by atoms with Crippen LogP contribution in [0.4, 0.5) is 28.4 Å². The van der Waals surface area contributed by atoms with Crippen molar-refractivity contribution in [1.82, 2.24) is 0 Å². The Kier molecular flexibility index (Phi) is 7.77. The fourth-order valence-electron chi connectivity index (χ4n) is 7.02. The van der Waals surface area contributed by atoms with Gasteiger partial charge < -0.3 is 9.80 Å². The Morgan fingerprint density at radius 3 is 1.43 bits per heavy atom. The van der Waals surface area contributed by atoms with Crippen molar-refractivity contribution in [3.8, 4) is 11.1 Å². The first-order valence-electron chi connectivity index (χ1n) is 16.7. The molecule has 0 bridgehead atoms. The number of nitrogens with zero attached hydrogens (tertiary/aromatic N) is 2. The average molecular weight is 607 g/mol. The summed E-state index contributed by atoms with van der Waals surface area (Å²) in [5.74, 6) is 0. The van der Waals surface area contributed by atoms with Gasteiger partial charge in [0.1, 0.15) is 0 Å². The van der Waals surface area contributed by atoms with Crippen LogP contribution in [0, 0.1) is 6.92 Å². The fourth-order valence-corrected chi connectivity index (χ4v) is 7.02. The van der Waals surface area contributed by atoms with Crippen LogP contribution in [0.15, 0.2) is 169 Å². The normalized spacial score (nSPS) is 13.0. The molecule has 2 nitrogen and oxygen atoms in total. The molecule has 1 aliphatic carbocycles. The predicted octanol–water partition coefficient (Wildman–Crippen LogP) is 13.0. The van der Waals surface area contributed by atoms with Gasteiger partial charge in [-0.3, -0.25) is 0 Å². The average Bonchev–Trinajstić information content (AvgIpc) is 3.14. The van der Waals surface area contributed by atoms with Gasteiger partial charge in [-0.25, -0.2) is 0 Å². The zero-order chi connectivity index (χ0) is 31.6. The van der Waals surface area contributed by atoms with Crippen LogP contribution in [-0.2, 0) is 0 Å². The van der Waals surface area contributed by atoms with Gasteiger partial charge in [0.2, 0.25) is 0 Å². The first-order valence-corrected chi connectivity index (χ1v) is 16.7. The molecule has 0 saturated heterocycles. The Morgan fingerprint density at radius 2 is 0.894 bits per heavy atom. The summed E-state index contributed by atoms with van der Waals surface area (Å²) < 4.78 is 0. The van der Waals surface area contributed by atoms with Crippen molar-refractivity contribution in [2.75, 3.05) is 9.80 Å². The van der Waals surface area contributed by atoms with Crippen molar-refractivity contribution in [2.24, 2.45) is 0 Å². The van der Waals surface area contributed by atoms with Crippen LogP contribution in [0.2, 0.25) is 0 Å². The molecule has 0 saturated carbocycles. The molecule has 0 heterocycles. The van der Waals surface area contributed by atoms with Gasteiger partial charge in [0.25, 0.3) is 0 Å². The van der Waals surface area contributed by atoms with E-state index in [1.165, 1.54) is 73.8 Å². The van der Waals surface area contributed by atoms with Gasteiger partial charge in [0.15, 0.2) is 0 Å². The largest absolute Gasteiger partial charge is 0.314 e. The van der Waals surface area contributed by atoms with Gasteiger partial charge in [-0.05, 0) is 103 Å². The molecule has 0 unspecified atom stereocenters. The molecule has 0 N–H and O–H groups in total. The number of hydrogen-bond donors (Lipinski definition) is 0. The highest BCUT2D eigenvalue weighted by Crippen LogP contribution is 2.41. The SMILES string of the molecule is Cc1ccc(N(c2ccc(-c3ccc(N(C4=CCCCC4)c4cccc5ccccc45)cc3)cc2)c2cccc3ccccc23)cc1. The van der Waals surface area contributed by atoms with E-state index in [9.17, 15) is 0 Å². The van der Waals surface area contributed by atoms with E-state index in [2.05, 4.69) is 181 Å². The summed E-state index contributed by atoms with van der Waals surface area (Å²) in [4.78, 5) is 4.85. The second-order valence-corrected chi connectivity index (χ2v) is 12.5. The third-order valence-corrected chi connectivity index (χ3v) is 9.45. The third kappa shape index (κ3) is 5.68. The van der Waals surface area contributed by atoms with Gasteiger partial charge in [-0.2, -0.15) is 0 Å². The van der Waals surface area contributed by atoms with E-state index in [1.807, 2.05) is 0 Å². The lowest BCUT2D eigenvalue weighted by Gasteiger charge is -2.31. The van der Waals surface area contributed by atoms with E-state index in [1.54, 1.807) is 0 Å². The minimum Gasteiger partial charge on any atom is -0.314 e. The number of hydrogen-bond acceptors (Lipinski definition) is 2. The van der Waals surface area contributed by atoms with Crippen molar-refractivity contribution >= 4 is 50.0 Å². The van der Waals surface area contributed by atoms with Crippen LogP contribution < -0.4 is 9.80 Å². The molecule has 0 aromatic heterocycles. The van der Waals surface area contributed by atoms with Crippen LogP contribution in [0.3, 0.4) is 0 Å². The zero-order valence-corrected chi connectivity index (χ0v) is 26.8. The van der Waals surface area contributed by atoms with E-state index >= 15 is 0 Å². The molecule has 0 spiro atoms. The molecule has 0 radical (unpaired) electrons. The van der Waals surface area contributed by atoms with Gasteiger partial charge in [-0.1, -0.05) is 121 Å². The molecule has 7 aromatic rings. The lowest BCUT2D eigenvalue weighted by Crippen LogP contribution is -2.18. The Hall–Kier alpha value is -5.60. The molecule has 228 valence electrons. The Morgan fingerprint density at radius 1 is 0.426 bits per heavy atom. The first-order chi connectivity index (χ1) is 23.2. The molecular weight excluding hydrogens is 569 g/mol. The van der Waals surface area contributed by atoms with Crippen LogP contribution in [0.25, 0.3) is 32.7 Å².